The maximum atomic E-state index is 10.2. The van der Waals surface area contributed by atoms with Crippen LogP contribution in [0.5, 0.6) is 11.5 Å². The summed E-state index contributed by atoms with van der Waals surface area (Å²) in [7, 11) is 0. The van der Waals surface area contributed by atoms with Gasteiger partial charge in [-0.3, -0.25) is 0 Å². The van der Waals surface area contributed by atoms with Gasteiger partial charge < -0.3 is 19.1 Å². The molecule has 9 aromatic rings. The minimum Gasteiger partial charge on any atom is -0.509 e. The first-order valence-electron chi connectivity index (χ1n) is 31.2. The van der Waals surface area contributed by atoms with Gasteiger partial charge in [0.2, 0.25) is 0 Å². The van der Waals surface area contributed by atoms with Crippen LogP contribution in [0.25, 0.3) is 49.9 Å². The molecule has 5 nitrogen and oxygen atoms in total. The van der Waals surface area contributed by atoms with Crippen LogP contribution in [-0.2, 0) is 48.1 Å². The summed E-state index contributed by atoms with van der Waals surface area (Å²) in [5, 5.41) is 2.03. The van der Waals surface area contributed by atoms with E-state index in [4.69, 9.17) is 22.1 Å². The summed E-state index contributed by atoms with van der Waals surface area (Å²) in [6, 6.07) is 46.6. The van der Waals surface area contributed by atoms with Crippen LogP contribution in [-0.4, -0.2) is 9.55 Å². The van der Waals surface area contributed by atoms with Crippen LogP contribution >= 0.6 is 0 Å². The van der Waals surface area contributed by atoms with Crippen molar-refractivity contribution in [3.63, 3.8) is 0 Å². The number of nitrogens with zero attached hydrogens (tertiary/aromatic N) is 4. The van der Waals surface area contributed by atoms with Crippen LogP contribution in [0.2, 0.25) is 0 Å². The smallest absolute Gasteiger partial charge is 0.135 e. The maximum Gasteiger partial charge on any atom is 0.135 e. The first-order valence-corrected chi connectivity index (χ1v) is 25.2. The van der Waals surface area contributed by atoms with Gasteiger partial charge in [-0.05, 0) is 115 Å². The molecule has 0 amide bonds. The third kappa shape index (κ3) is 9.18. The number of ether oxygens (including phenoxy) is 1. The molecule has 0 saturated heterocycles. The molecule has 380 valence electrons. The molecule has 0 spiro atoms. The number of benzene rings is 7. The standard InChI is InChI=1S/C68H69N4O.Pt/c1-64(2,3)46-32-35-69-62(40-46)72-58-25-15-14-22-54(58)55-30-29-51(42-61(55)72)73-50-21-18-20-49(41-50)70-43-71(60-27-17-16-26-59(60)70)63-52(44-28-31-56-57(38-44)68(12,13)34-33-67(56,10)11)23-19-24-53(63)45-36-47(65(4,5)6)39-48(37-45)66(7,8)9;/h14-32,35-40,43H,33-34H2,1-13H3;/q-3;/i4D3,5D3,6D3,36D,37D,39D;. The van der Waals surface area contributed by atoms with Gasteiger partial charge in [0.05, 0.1) is 4.11 Å². The van der Waals surface area contributed by atoms with Crippen molar-refractivity contribution in [2.45, 2.75) is 130 Å². The molecular weight excluding hydrogens is 1080 g/mol. The molecule has 0 radical (unpaired) electrons. The number of fused-ring (bicyclic) bond motifs is 5. The Morgan fingerprint density at radius 3 is 1.95 bits per heavy atom. The van der Waals surface area contributed by atoms with Crippen molar-refractivity contribution in [2.75, 3.05) is 9.80 Å². The summed E-state index contributed by atoms with van der Waals surface area (Å²) in [6.07, 6.45) is 3.76. The molecule has 2 aliphatic rings. The van der Waals surface area contributed by atoms with Gasteiger partial charge in [-0.15, -0.1) is 48.1 Å². The summed E-state index contributed by atoms with van der Waals surface area (Å²) in [5.41, 5.74) is 2.72. The first kappa shape index (κ1) is 38.2. The van der Waals surface area contributed by atoms with Crippen LogP contribution < -0.4 is 14.5 Å². The van der Waals surface area contributed by atoms with Gasteiger partial charge in [0.25, 0.3) is 0 Å². The largest absolute Gasteiger partial charge is 0.509 e. The SMILES string of the molecule is [2H]c1c(-c2cccc(-c3ccc4c(c3)C(C)(C)CCC4(C)C)c2N2[CH-]N(c3[c-]c(Oc4[c-]c5c(cc4)c4ccccc4n5-c4cc(C(C)(C)C)ccn4)ccc3)c3ccccc32)c([2H])c(C(C([2H])([2H])[2H])(C([2H])([2H])[2H])C([2H])([2H])[2H])c([2H])c1C(C)(C)C.[Pt]. The fourth-order valence-electron chi connectivity index (χ4n) is 10.6. The van der Waals surface area contributed by atoms with E-state index in [1.54, 1.807) is 32.9 Å². The third-order valence-electron chi connectivity index (χ3n) is 14.8. The average Bonchev–Trinajstić information content (AvgIpc) is 0.892. The topological polar surface area (TPSA) is 33.5 Å². The number of hydrogen-bond donors (Lipinski definition) is 0. The first-order chi connectivity index (χ1) is 39.6. The van der Waals surface area contributed by atoms with E-state index >= 15 is 0 Å². The van der Waals surface area contributed by atoms with Crippen LogP contribution in [0.15, 0.2) is 152 Å². The fraction of sp³-hybridized carbons (Fsp3) is 0.294. The van der Waals surface area contributed by atoms with Gasteiger partial charge in [0.15, 0.2) is 0 Å². The Bertz CT molecular complexity index is 4110. The Kier molecular flexibility index (Phi) is 9.52. The van der Waals surface area contributed by atoms with E-state index in [1.165, 1.54) is 5.56 Å². The van der Waals surface area contributed by atoms with E-state index < -0.39 is 49.0 Å². The molecular formula is C68H69N4OPt-3. The van der Waals surface area contributed by atoms with Crippen molar-refractivity contribution in [1.29, 1.82) is 0 Å². The van der Waals surface area contributed by atoms with Gasteiger partial charge in [0.1, 0.15) is 5.82 Å². The molecule has 1 aliphatic heterocycles. The van der Waals surface area contributed by atoms with Crippen LogP contribution in [0.3, 0.4) is 0 Å². The number of pyridine rings is 1. The van der Waals surface area contributed by atoms with E-state index in [0.717, 1.165) is 57.2 Å². The van der Waals surface area contributed by atoms with E-state index in [2.05, 4.69) is 102 Å². The average molecular weight is 1170 g/mol. The zero-order valence-corrected chi connectivity index (χ0v) is 46.0. The molecule has 0 N–H and O–H groups in total. The monoisotopic (exact) mass is 1160 g/mol. The van der Waals surface area contributed by atoms with Crippen LogP contribution in [0.1, 0.15) is 147 Å². The fourth-order valence-corrected chi connectivity index (χ4v) is 10.6. The minimum atomic E-state index is -3.79. The molecule has 2 aromatic heterocycles. The second-order valence-electron chi connectivity index (χ2n) is 23.2. The van der Waals surface area contributed by atoms with Gasteiger partial charge in [-0.25, -0.2) is 4.98 Å². The summed E-state index contributed by atoms with van der Waals surface area (Å²) in [5.74, 6) is 1.60. The molecule has 7 aromatic carbocycles. The van der Waals surface area contributed by atoms with Crippen molar-refractivity contribution in [1.82, 2.24) is 9.55 Å². The van der Waals surface area contributed by atoms with Crippen LogP contribution in [0.4, 0.5) is 22.7 Å². The van der Waals surface area contributed by atoms with Crippen molar-refractivity contribution in [3.8, 4) is 39.6 Å². The van der Waals surface area contributed by atoms with Crippen molar-refractivity contribution >= 4 is 44.6 Å². The van der Waals surface area contributed by atoms with Gasteiger partial charge >= 0.3 is 0 Å². The zero-order chi connectivity index (χ0) is 61.5. The van der Waals surface area contributed by atoms with Gasteiger partial charge in [-0.2, -0.15) is 12.1 Å². The number of anilines is 4. The summed E-state index contributed by atoms with van der Waals surface area (Å²) >= 11 is 0. The van der Waals surface area contributed by atoms with Crippen molar-refractivity contribution in [3.05, 3.63) is 198 Å². The van der Waals surface area contributed by atoms with E-state index in [0.29, 0.717) is 39.8 Å². The molecule has 1 aliphatic carbocycles. The summed E-state index contributed by atoms with van der Waals surface area (Å²) in [4.78, 5) is 8.73. The summed E-state index contributed by atoms with van der Waals surface area (Å²) in [6.45, 7) is 11.1. The molecule has 0 bridgehead atoms. The Morgan fingerprint density at radius 2 is 1.23 bits per heavy atom. The number of aromatic nitrogens is 2. The number of rotatable bonds is 7. The Balaban J connectivity index is 0.00000820. The van der Waals surface area contributed by atoms with Crippen molar-refractivity contribution < 1.29 is 42.3 Å². The Labute approximate surface area is 471 Å². The van der Waals surface area contributed by atoms with E-state index in [1.807, 2.05) is 102 Å². The third-order valence-corrected chi connectivity index (χ3v) is 14.8. The van der Waals surface area contributed by atoms with Gasteiger partial charge in [-0.1, -0.05) is 180 Å². The Morgan fingerprint density at radius 1 is 0.595 bits per heavy atom. The van der Waals surface area contributed by atoms with Crippen molar-refractivity contribution in [2.24, 2.45) is 0 Å². The minimum absolute atomic E-state index is 0. The normalized spacial score (nSPS) is 18.1. The molecule has 0 saturated carbocycles. The zero-order valence-electron chi connectivity index (χ0n) is 55.7. The molecule has 3 heterocycles. The van der Waals surface area contributed by atoms with Crippen LogP contribution in [0, 0.1) is 18.8 Å². The molecule has 0 atom stereocenters. The molecule has 0 fully saturated rings. The molecule has 74 heavy (non-hydrogen) atoms. The second kappa shape index (κ2) is 18.4. The molecule has 11 rings (SSSR count). The Hall–Kier alpha value is -6.42. The van der Waals surface area contributed by atoms with E-state index in [9.17, 15) is 4.11 Å². The predicted molar refractivity (Wildman–Crippen MR) is 306 cm³/mol. The summed E-state index contributed by atoms with van der Waals surface area (Å²) < 4.78 is 118. The number of para-hydroxylation sites is 4. The second-order valence-corrected chi connectivity index (χ2v) is 23.2. The number of hydrogen-bond acceptors (Lipinski definition) is 4. The van der Waals surface area contributed by atoms with Gasteiger partial charge in [0, 0.05) is 84.8 Å². The molecule has 6 heteroatoms. The predicted octanol–water partition coefficient (Wildman–Crippen LogP) is 18.6. The quantitative estimate of drug-likeness (QED) is 0.149. The molecule has 0 unspecified atom stereocenters. The van der Waals surface area contributed by atoms with E-state index in [-0.39, 0.29) is 60.0 Å². The maximum absolute atomic E-state index is 10.2.